The first-order valence-corrected chi connectivity index (χ1v) is 8.38. The minimum absolute atomic E-state index is 0.142. The van der Waals surface area contributed by atoms with Crippen molar-refractivity contribution in [3.8, 4) is 5.75 Å². The van der Waals surface area contributed by atoms with E-state index in [-0.39, 0.29) is 17.9 Å². The summed E-state index contributed by atoms with van der Waals surface area (Å²) in [5.41, 5.74) is 0.534. The van der Waals surface area contributed by atoms with Crippen LogP contribution in [0.5, 0.6) is 5.75 Å². The van der Waals surface area contributed by atoms with Crippen molar-refractivity contribution in [2.75, 3.05) is 40.8 Å². The molecule has 2 amide bonds. The molecule has 0 saturated carbocycles. The monoisotopic (exact) mass is 333 g/mol. The number of likely N-dealkylation sites (N-methyl/N-ethyl adjacent to an activating group) is 1. The smallest absolute Gasteiger partial charge is 0.255 e. The quantitative estimate of drug-likeness (QED) is 0.780. The zero-order chi connectivity index (χ0) is 17.5. The maximum absolute atomic E-state index is 12.3. The highest BCUT2D eigenvalue weighted by Crippen LogP contribution is 2.21. The Morgan fingerprint density at radius 2 is 2.12 bits per heavy atom. The molecule has 0 bridgehead atoms. The van der Waals surface area contributed by atoms with Crippen LogP contribution in [0.1, 0.15) is 29.6 Å². The highest BCUT2D eigenvalue weighted by atomic mass is 16.5. The van der Waals surface area contributed by atoms with Crippen molar-refractivity contribution in [1.82, 2.24) is 15.1 Å². The van der Waals surface area contributed by atoms with E-state index in [1.54, 1.807) is 19.2 Å². The number of hydrogen-bond acceptors (Lipinski definition) is 4. The van der Waals surface area contributed by atoms with Crippen LogP contribution < -0.4 is 10.1 Å². The van der Waals surface area contributed by atoms with Crippen molar-refractivity contribution >= 4 is 11.8 Å². The number of benzene rings is 1. The first-order chi connectivity index (χ1) is 11.5. The van der Waals surface area contributed by atoms with Crippen molar-refractivity contribution in [2.45, 2.75) is 25.3 Å². The van der Waals surface area contributed by atoms with E-state index in [9.17, 15) is 9.59 Å². The molecule has 1 aliphatic rings. The molecule has 0 aromatic heterocycles. The molecule has 1 aliphatic heterocycles. The molecule has 1 atom stereocenters. The molecule has 1 heterocycles. The van der Waals surface area contributed by atoms with Gasteiger partial charge in [-0.15, -0.1) is 0 Å². The van der Waals surface area contributed by atoms with Crippen molar-refractivity contribution in [1.29, 1.82) is 0 Å². The zero-order valence-electron chi connectivity index (χ0n) is 14.7. The SMILES string of the molecule is COc1ccccc1C(=O)NCC[C@@H]1CCC(=O)N1CCN(C)C. The number of carbonyl (C=O) groups excluding carboxylic acids is 2. The summed E-state index contributed by atoms with van der Waals surface area (Å²) in [5, 5.41) is 2.93. The van der Waals surface area contributed by atoms with E-state index in [0.717, 1.165) is 25.9 Å². The number of ether oxygens (including phenoxy) is 1. The predicted molar refractivity (Wildman–Crippen MR) is 93.2 cm³/mol. The molecule has 1 N–H and O–H groups in total. The normalized spacial score (nSPS) is 17.4. The van der Waals surface area contributed by atoms with Crippen molar-refractivity contribution in [3.63, 3.8) is 0 Å². The molecule has 24 heavy (non-hydrogen) atoms. The van der Waals surface area contributed by atoms with E-state index in [1.807, 2.05) is 31.1 Å². The molecule has 0 aliphatic carbocycles. The third-order valence-electron chi connectivity index (χ3n) is 4.36. The van der Waals surface area contributed by atoms with E-state index in [0.29, 0.717) is 24.3 Å². The average molecular weight is 333 g/mol. The lowest BCUT2D eigenvalue weighted by Crippen LogP contribution is -2.40. The van der Waals surface area contributed by atoms with Crippen LogP contribution in [0.25, 0.3) is 0 Å². The molecule has 0 spiro atoms. The second-order valence-corrected chi connectivity index (χ2v) is 6.33. The maximum Gasteiger partial charge on any atom is 0.255 e. The lowest BCUT2D eigenvalue weighted by molar-refractivity contribution is -0.129. The number of nitrogens with one attached hydrogen (secondary N) is 1. The lowest BCUT2D eigenvalue weighted by Gasteiger charge is -2.26. The van der Waals surface area contributed by atoms with Crippen LogP contribution >= 0.6 is 0 Å². The second-order valence-electron chi connectivity index (χ2n) is 6.33. The lowest BCUT2D eigenvalue weighted by atomic mass is 10.1. The molecular formula is C18H27N3O3. The van der Waals surface area contributed by atoms with Gasteiger partial charge >= 0.3 is 0 Å². The summed E-state index contributed by atoms with van der Waals surface area (Å²) in [6.45, 7) is 2.15. The minimum atomic E-state index is -0.142. The maximum atomic E-state index is 12.3. The predicted octanol–water partition coefficient (Wildman–Crippen LogP) is 1.37. The number of rotatable bonds is 8. The number of methoxy groups -OCH3 is 1. The van der Waals surface area contributed by atoms with Gasteiger partial charge in [-0.2, -0.15) is 0 Å². The Labute approximate surface area is 143 Å². The number of hydrogen-bond donors (Lipinski definition) is 1. The average Bonchev–Trinajstić information content (AvgIpc) is 2.92. The van der Waals surface area contributed by atoms with Gasteiger partial charge < -0.3 is 19.9 Å². The number of para-hydroxylation sites is 1. The van der Waals surface area contributed by atoms with Crippen LogP contribution in [0, 0.1) is 0 Å². The van der Waals surface area contributed by atoms with Crippen LogP contribution in [0.4, 0.5) is 0 Å². The van der Waals surface area contributed by atoms with Crippen molar-refractivity contribution in [3.05, 3.63) is 29.8 Å². The number of amides is 2. The van der Waals surface area contributed by atoms with Gasteiger partial charge in [0, 0.05) is 32.1 Å². The summed E-state index contributed by atoms with van der Waals surface area (Å²) in [4.78, 5) is 28.3. The Morgan fingerprint density at radius 1 is 1.38 bits per heavy atom. The van der Waals surface area contributed by atoms with Gasteiger partial charge in [-0.25, -0.2) is 0 Å². The van der Waals surface area contributed by atoms with Gasteiger partial charge in [0.1, 0.15) is 5.75 Å². The van der Waals surface area contributed by atoms with Crippen LogP contribution in [0.2, 0.25) is 0 Å². The Balaban J connectivity index is 1.84. The zero-order valence-corrected chi connectivity index (χ0v) is 14.7. The molecular weight excluding hydrogens is 306 g/mol. The topological polar surface area (TPSA) is 61.9 Å². The summed E-state index contributed by atoms with van der Waals surface area (Å²) in [7, 11) is 5.56. The molecule has 0 unspecified atom stereocenters. The van der Waals surface area contributed by atoms with Gasteiger partial charge in [0.25, 0.3) is 5.91 Å². The molecule has 0 radical (unpaired) electrons. The van der Waals surface area contributed by atoms with Crippen LogP contribution in [-0.4, -0.2) is 68.5 Å². The summed E-state index contributed by atoms with van der Waals surface area (Å²) in [6, 6.07) is 7.39. The Kier molecular flexibility index (Phi) is 6.61. The molecule has 6 heteroatoms. The summed E-state index contributed by atoms with van der Waals surface area (Å²) in [5.74, 6) is 0.646. The summed E-state index contributed by atoms with van der Waals surface area (Å²) < 4.78 is 5.21. The largest absolute Gasteiger partial charge is 0.496 e. The minimum Gasteiger partial charge on any atom is -0.496 e. The van der Waals surface area contributed by atoms with Gasteiger partial charge in [0.15, 0.2) is 0 Å². The molecule has 1 aromatic rings. The van der Waals surface area contributed by atoms with Gasteiger partial charge in [-0.1, -0.05) is 12.1 Å². The molecule has 2 rings (SSSR count). The summed E-state index contributed by atoms with van der Waals surface area (Å²) >= 11 is 0. The third-order valence-corrected chi connectivity index (χ3v) is 4.36. The first kappa shape index (κ1) is 18.3. The first-order valence-electron chi connectivity index (χ1n) is 8.38. The van der Waals surface area contributed by atoms with Crippen LogP contribution in [-0.2, 0) is 4.79 Å². The van der Waals surface area contributed by atoms with E-state index in [1.165, 1.54) is 0 Å². The second kappa shape index (κ2) is 8.68. The Hall–Kier alpha value is -2.08. The van der Waals surface area contributed by atoms with Crippen molar-refractivity contribution < 1.29 is 14.3 Å². The van der Waals surface area contributed by atoms with E-state index < -0.39 is 0 Å². The Morgan fingerprint density at radius 3 is 2.83 bits per heavy atom. The Bertz CT molecular complexity index is 574. The standard InChI is InChI=1S/C18H27N3O3/c1-20(2)12-13-21-14(8-9-17(21)22)10-11-19-18(23)15-6-4-5-7-16(15)24-3/h4-7,14H,8-13H2,1-3H3,(H,19,23)/t14-/m0/s1. The molecule has 6 nitrogen and oxygen atoms in total. The highest BCUT2D eigenvalue weighted by molar-refractivity contribution is 5.96. The van der Waals surface area contributed by atoms with Crippen LogP contribution in [0.15, 0.2) is 24.3 Å². The van der Waals surface area contributed by atoms with E-state index in [4.69, 9.17) is 4.74 Å². The fraction of sp³-hybridized carbons (Fsp3) is 0.556. The molecule has 1 saturated heterocycles. The van der Waals surface area contributed by atoms with Gasteiger partial charge in [-0.05, 0) is 39.1 Å². The van der Waals surface area contributed by atoms with E-state index >= 15 is 0 Å². The third kappa shape index (κ3) is 4.71. The molecule has 132 valence electrons. The molecule has 1 aromatic carbocycles. The van der Waals surface area contributed by atoms with Gasteiger partial charge in [-0.3, -0.25) is 9.59 Å². The van der Waals surface area contributed by atoms with Crippen molar-refractivity contribution in [2.24, 2.45) is 0 Å². The molecule has 1 fully saturated rings. The summed E-state index contributed by atoms with van der Waals surface area (Å²) in [6.07, 6.45) is 2.26. The van der Waals surface area contributed by atoms with E-state index in [2.05, 4.69) is 10.2 Å². The number of likely N-dealkylation sites (tertiary alicyclic amines) is 1. The fourth-order valence-electron chi connectivity index (χ4n) is 2.99. The van der Waals surface area contributed by atoms with Gasteiger partial charge in [0.2, 0.25) is 5.91 Å². The van der Waals surface area contributed by atoms with Gasteiger partial charge in [0.05, 0.1) is 12.7 Å². The van der Waals surface area contributed by atoms with Crippen LogP contribution in [0.3, 0.4) is 0 Å². The fourth-order valence-corrected chi connectivity index (χ4v) is 2.99. The number of carbonyl (C=O) groups is 2. The highest BCUT2D eigenvalue weighted by Gasteiger charge is 2.30. The number of nitrogens with zero attached hydrogens (tertiary/aromatic N) is 2.